The Morgan fingerprint density at radius 2 is 1.95 bits per heavy atom. The van der Waals surface area contributed by atoms with Gasteiger partial charge in [-0.1, -0.05) is 37.2 Å². The first-order valence-corrected chi connectivity index (χ1v) is 12.3. The van der Waals surface area contributed by atoms with Crippen LogP contribution in [0.25, 0.3) is 11.3 Å². The number of aliphatic hydroxyl groups is 1. The molecule has 2 fully saturated rings. The third kappa shape index (κ3) is 4.93. The average molecular weight is 519 g/mol. The first kappa shape index (κ1) is 25.9. The smallest absolute Gasteiger partial charge is 0.168 e. The van der Waals surface area contributed by atoms with E-state index in [-0.39, 0.29) is 35.3 Å². The van der Waals surface area contributed by atoms with Crippen LogP contribution in [0.2, 0.25) is 0 Å². The van der Waals surface area contributed by atoms with E-state index < -0.39 is 47.9 Å². The van der Waals surface area contributed by atoms with E-state index in [1.807, 2.05) is 26.8 Å². The first-order chi connectivity index (χ1) is 17.3. The van der Waals surface area contributed by atoms with Crippen LogP contribution in [0.3, 0.4) is 0 Å². The van der Waals surface area contributed by atoms with Crippen LogP contribution in [0.4, 0.5) is 8.78 Å². The largest absolute Gasteiger partial charge is 0.388 e. The molecule has 0 aliphatic carbocycles. The minimum atomic E-state index is -1.09. The topological polar surface area (TPSA) is 105 Å². The van der Waals surface area contributed by atoms with E-state index in [1.54, 1.807) is 13.8 Å². The quantitative estimate of drug-likeness (QED) is 0.555. The van der Waals surface area contributed by atoms with Crippen molar-refractivity contribution in [2.75, 3.05) is 6.61 Å². The molecule has 2 saturated heterocycles. The van der Waals surface area contributed by atoms with Gasteiger partial charge in [0.25, 0.3) is 0 Å². The van der Waals surface area contributed by atoms with Crippen LogP contribution >= 0.6 is 0 Å². The summed E-state index contributed by atoms with van der Waals surface area (Å²) in [6.45, 7) is 11.4. The van der Waals surface area contributed by atoms with Gasteiger partial charge in [0.2, 0.25) is 0 Å². The van der Waals surface area contributed by atoms with Gasteiger partial charge in [0, 0.05) is 23.5 Å². The minimum Gasteiger partial charge on any atom is -0.388 e. The van der Waals surface area contributed by atoms with Crippen LogP contribution in [-0.2, 0) is 26.0 Å². The molecule has 37 heavy (non-hydrogen) atoms. The Balaban J connectivity index is 1.47. The number of rotatable bonds is 4. The average Bonchev–Trinajstić information content (AvgIpc) is 3.48. The molecule has 5 rings (SSSR count). The maximum atomic E-state index is 14.7. The number of aryl methyl sites for hydroxylation is 1. The highest BCUT2D eigenvalue weighted by Gasteiger charge is 2.52. The van der Waals surface area contributed by atoms with Crippen LogP contribution in [0.15, 0.2) is 28.9 Å². The molecule has 11 heteroatoms. The number of ether oxygens (including phenoxy) is 3. The van der Waals surface area contributed by atoms with Crippen molar-refractivity contribution in [2.45, 2.75) is 89.6 Å². The van der Waals surface area contributed by atoms with Gasteiger partial charge >= 0.3 is 0 Å². The van der Waals surface area contributed by atoms with E-state index in [0.29, 0.717) is 5.76 Å². The van der Waals surface area contributed by atoms with E-state index in [4.69, 9.17) is 18.7 Å². The summed E-state index contributed by atoms with van der Waals surface area (Å²) in [5.74, 6) is -2.29. The molecule has 200 valence electrons. The molecule has 1 aromatic carbocycles. The summed E-state index contributed by atoms with van der Waals surface area (Å²) >= 11 is 0. The molecule has 0 radical (unpaired) electrons. The third-order valence-electron chi connectivity index (χ3n) is 6.90. The summed E-state index contributed by atoms with van der Waals surface area (Å²) in [5.41, 5.74) is 0.911. The fourth-order valence-electron chi connectivity index (χ4n) is 4.77. The zero-order chi connectivity index (χ0) is 26.7. The van der Waals surface area contributed by atoms with Gasteiger partial charge in [-0.15, -0.1) is 5.10 Å². The Hall–Kier alpha value is -2.73. The predicted molar refractivity (Wildman–Crippen MR) is 128 cm³/mol. The third-order valence-corrected chi connectivity index (χ3v) is 6.90. The highest BCUT2D eigenvalue weighted by Crippen LogP contribution is 2.39. The Bertz CT molecular complexity index is 1280. The molecule has 0 bridgehead atoms. The minimum absolute atomic E-state index is 0.0198. The molecule has 1 N–H and O–H groups in total. The molecule has 3 aromatic rings. The highest BCUT2D eigenvalue weighted by atomic mass is 19.2. The summed E-state index contributed by atoms with van der Waals surface area (Å²) in [6, 6.07) is 4.06. The number of aromatic nitrogens is 4. The lowest BCUT2D eigenvalue weighted by Crippen LogP contribution is -2.62. The van der Waals surface area contributed by atoms with Gasteiger partial charge < -0.3 is 23.8 Å². The van der Waals surface area contributed by atoms with Crippen molar-refractivity contribution in [3.8, 4) is 11.3 Å². The lowest BCUT2D eigenvalue weighted by Gasteiger charge is -2.50. The number of nitrogens with zero attached hydrogens (tertiary/aromatic N) is 4. The summed E-state index contributed by atoms with van der Waals surface area (Å²) < 4.78 is 54.0. The second-order valence-electron chi connectivity index (χ2n) is 11.3. The van der Waals surface area contributed by atoms with E-state index in [2.05, 4.69) is 15.5 Å². The zero-order valence-electron chi connectivity index (χ0n) is 21.7. The van der Waals surface area contributed by atoms with Gasteiger partial charge in [-0.05, 0) is 32.4 Å². The van der Waals surface area contributed by atoms with Crippen molar-refractivity contribution in [3.63, 3.8) is 0 Å². The van der Waals surface area contributed by atoms with Gasteiger partial charge in [0.05, 0.1) is 24.6 Å². The molecule has 2 aromatic heterocycles. The monoisotopic (exact) mass is 518 g/mol. The fraction of sp³-hybridized carbons (Fsp3) is 0.577. The van der Waals surface area contributed by atoms with Crippen molar-refractivity contribution in [3.05, 3.63) is 53.0 Å². The second-order valence-corrected chi connectivity index (χ2v) is 11.3. The van der Waals surface area contributed by atoms with Crippen molar-refractivity contribution >= 4 is 0 Å². The number of halogens is 2. The molecule has 0 spiro atoms. The highest BCUT2D eigenvalue weighted by molar-refractivity contribution is 5.59. The summed E-state index contributed by atoms with van der Waals surface area (Å²) in [7, 11) is 0. The van der Waals surface area contributed by atoms with Gasteiger partial charge in [0.15, 0.2) is 17.4 Å². The zero-order valence-corrected chi connectivity index (χ0v) is 21.7. The number of aliphatic hydroxyl groups excluding tert-OH is 1. The van der Waals surface area contributed by atoms with Crippen LogP contribution in [0, 0.1) is 18.6 Å². The summed E-state index contributed by atoms with van der Waals surface area (Å²) in [4.78, 5) is 0. The maximum Gasteiger partial charge on any atom is 0.168 e. The first-order valence-electron chi connectivity index (χ1n) is 12.3. The van der Waals surface area contributed by atoms with Gasteiger partial charge in [-0.25, -0.2) is 13.5 Å². The van der Waals surface area contributed by atoms with Crippen molar-refractivity contribution in [1.82, 2.24) is 20.2 Å². The van der Waals surface area contributed by atoms with Crippen LogP contribution in [0.5, 0.6) is 0 Å². The van der Waals surface area contributed by atoms with Crippen LogP contribution in [-0.4, -0.2) is 62.1 Å². The fourth-order valence-corrected chi connectivity index (χ4v) is 4.77. The lowest BCUT2D eigenvalue weighted by atomic mass is 9.89. The number of hydrogen-bond acceptors (Lipinski definition) is 8. The van der Waals surface area contributed by atoms with Crippen molar-refractivity contribution in [1.29, 1.82) is 0 Å². The van der Waals surface area contributed by atoms with Crippen molar-refractivity contribution in [2.24, 2.45) is 0 Å². The lowest BCUT2D eigenvalue weighted by molar-refractivity contribution is -0.348. The Kier molecular flexibility index (Phi) is 6.46. The normalized spacial score (nSPS) is 27.8. The molecule has 4 heterocycles. The van der Waals surface area contributed by atoms with Gasteiger partial charge in [0.1, 0.15) is 35.8 Å². The molecule has 0 amide bonds. The maximum absolute atomic E-state index is 14.7. The van der Waals surface area contributed by atoms with E-state index in [9.17, 15) is 13.9 Å². The number of benzene rings is 1. The number of hydrogen-bond donors (Lipinski definition) is 1. The van der Waals surface area contributed by atoms with E-state index in [1.165, 1.54) is 29.9 Å². The summed E-state index contributed by atoms with van der Waals surface area (Å²) in [5, 5.41) is 23.9. The summed E-state index contributed by atoms with van der Waals surface area (Å²) in [6.07, 6.45) is -1.19. The van der Waals surface area contributed by atoms with E-state index >= 15 is 0 Å². The van der Waals surface area contributed by atoms with Gasteiger partial charge in [-0.3, -0.25) is 0 Å². The SMILES string of the molecule is Cc1ccc(-c2cn([C@@H]3[C@@H](O)[C@@H](Cc4cc(C(C)(C)C)no4)O[C@@H]4COC(C)(C)O[C@H]34)nn2)c(F)c1F. The van der Waals surface area contributed by atoms with Gasteiger partial charge in [-0.2, -0.15) is 0 Å². The van der Waals surface area contributed by atoms with Crippen LogP contribution in [0.1, 0.15) is 57.7 Å². The van der Waals surface area contributed by atoms with Crippen LogP contribution < -0.4 is 0 Å². The standard InChI is InChI=1S/C26H32F2N4O5/c1-13-7-8-15(21(28)20(13)27)16-11-32(31-29-16)22-23(33)17(9-14-10-19(30-37-14)25(2,3)4)35-18-12-34-26(5,6)36-24(18)22/h7-8,10-11,17-18,22-24,33H,9,12H2,1-6H3/t17-,18-,22-,23+,24+/m1/s1. The molecule has 9 nitrogen and oxygen atoms in total. The Morgan fingerprint density at radius 1 is 1.19 bits per heavy atom. The Morgan fingerprint density at radius 3 is 2.65 bits per heavy atom. The molecule has 0 unspecified atom stereocenters. The molecular formula is C26H32F2N4O5. The van der Waals surface area contributed by atoms with Crippen molar-refractivity contribution < 1.29 is 32.6 Å². The molecular weight excluding hydrogens is 486 g/mol. The molecule has 5 atom stereocenters. The molecule has 2 aliphatic rings. The number of fused-ring (bicyclic) bond motifs is 1. The predicted octanol–water partition coefficient (Wildman–Crippen LogP) is 3.88. The Labute approximate surface area is 213 Å². The van der Waals surface area contributed by atoms with E-state index in [0.717, 1.165) is 5.69 Å². The molecule has 0 saturated carbocycles. The molecule has 2 aliphatic heterocycles. The second kappa shape index (κ2) is 9.23.